The number of Topliss-reactive ketones (excluding diaryl/α,β-unsaturated/α-hetero) is 1. The van der Waals surface area contributed by atoms with Crippen LogP contribution in [-0.2, 0) is 4.79 Å². The minimum atomic E-state index is -0.682. The van der Waals surface area contributed by atoms with Crippen LogP contribution in [0.2, 0.25) is 0 Å². The Morgan fingerprint density at radius 1 is 1.19 bits per heavy atom. The van der Waals surface area contributed by atoms with Gasteiger partial charge < -0.3 is 5.21 Å². The van der Waals surface area contributed by atoms with Gasteiger partial charge in [0.2, 0.25) is 0 Å². The van der Waals surface area contributed by atoms with Crippen LogP contribution in [0.3, 0.4) is 0 Å². The predicted octanol–water partition coefficient (Wildman–Crippen LogP) is 3.01. The zero-order chi connectivity index (χ0) is 12.8. The Labute approximate surface area is 98.8 Å². The van der Waals surface area contributed by atoms with Crippen molar-refractivity contribution >= 4 is 5.78 Å². The zero-order valence-corrected chi connectivity index (χ0v) is 11.4. The molecule has 0 aromatic carbocycles. The molecule has 0 amide bonds. The number of piperidine rings is 1. The third kappa shape index (κ3) is 1.52. The van der Waals surface area contributed by atoms with Crippen LogP contribution in [0.15, 0.2) is 0 Å². The van der Waals surface area contributed by atoms with Gasteiger partial charge in [-0.1, -0.05) is 27.7 Å². The van der Waals surface area contributed by atoms with Gasteiger partial charge in [0.05, 0.1) is 0 Å². The van der Waals surface area contributed by atoms with Crippen molar-refractivity contribution in [1.29, 1.82) is 0 Å². The molecule has 3 nitrogen and oxygen atoms in total. The molecular formula is C13H25NO2. The van der Waals surface area contributed by atoms with Crippen LogP contribution >= 0.6 is 0 Å². The molecule has 1 saturated heterocycles. The van der Waals surface area contributed by atoms with Crippen molar-refractivity contribution in [3.05, 3.63) is 0 Å². The third-order valence-corrected chi connectivity index (χ3v) is 4.88. The van der Waals surface area contributed by atoms with E-state index in [9.17, 15) is 10.0 Å². The molecule has 94 valence electrons. The van der Waals surface area contributed by atoms with E-state index < -0.39 is 5.54 Å². The number of ketones is 1. The summed E-state index contributed by atoms with van der Waals surface area (Å²) in [6.45, 7) is 12.1. The second-order valence-electron chi connectivity index (χ2n) is 6.09. The predicted molar refractivity (Wildman–Crippen MR) is 64.4 cm³/mol. The molecule has 3 heteroatoms. The summed E-state index contributed by atoms with van der Waals surface area (Å²) >= 11 is 0. The van der Waals surface area contributed by atoms with Gasteiger partial charge in [0.1, 0.15) is 5.54 Å². The van der Waals surface area contributed by atoms with Crippen LogP contribution in [0.25, 0.3) is 0 Å². The van der Waals surface area contributed by atoms with Gasteiger partial charge in [0.25, 0.3) is 0 Å². The number of hydrogen-bond acceptors (Lipinski definition) is 3. The highest BCUT2D eigenvalue weighted by atomic mass is 16.5. The highest BCUT2D eigenvalue weighted by Gasteiger charge is 2.58. The Kier molecular flexibility index (Phi) is 3.25. The van der Waals surface area contributed by atoms with Gasteiger partial charge in [0, 0.05) is 12.0 Å². The average molecular weight is 227 g/mol. The molecule has 0 aromatic heterocycles. The minimum absolute atomic E-state index is 0.171. The highest BCUT2D eigenvalue weighted by molar-refractivity contribution is 5.90. The first-order chi connectivity index (χ1) is 7.15. The Bertz CT molecular complexity index is 290. The Hall–Kier alpha value is -0.410. The largest absolute Gasteiger partial charge is 0.312 e. The van der Waals surface area contributed by atoms with Crippen molar-refractivity contribution in [3.63, 3.8) is 0 Å². The smallest absolute Gasteiger partial charge is 0.156 e. The van der Waals surface area contributed by atoms with Crippen LogP contribution < -0.4 is 0 Å². The molecule has 1 aliphatic rings. The second-order valence-corrected chi connectivity index (χ2v) is 6.09. The Balaban J connectivity index is 3.25. The van der Waals surface area contributed by atoms with Gasteiger partial charge in [-0.3, -0.25) is 4.79 Å². The summed E-state index contributed by atoms with van der Waals surface area (Å²) < 4.78 is 0. The molecule has 0 bridgehead atoms. The number of rotatable bonds is 2. The Morgan fingerprint density at radius 3 is 2.00 bits per heavy atom. The van der Waals surface area contributed by atoms with E-state index >= 15 is 0 Å². The summed E-state index contributed by atoms with van der Waals surface area (Å²) in [5.41, 5.74) is -1.27. The molecule has 0 spiro atoms. The fraction of sp³-hybridized carbons (Fsp3) is 0.923. The molecule has 1 N–H and O–H groups in total. The molecule has 0 radical (unpaired) electrons. The highest BCUT2D eigenvalue weighted by Crippen LogP contribution is 2.48. The van der Waals surface area contributed by atoms with Crippen molar-refractivity contribution in [3.8, 4) is 0 Å². The lowest BCUT2D eigenvalue weighted by molar-refractivity contribution is -0.271. The summed E-state index contributed by atoms with van der Waals surface area (Å²) in [6.07, 6.45) is 1.87. The van der Waals surface area contributed by atoms with Crippen molar-refractivity contribution in [2.45, 2.75) is 71.9 Å². The molecule has 1 rings (SSSR count). The van der Waals surface area contributed by atoms with Crippen LogP contribution in [0.5, 0.6) is 0 Å². The van der Waals surface area contributed by atoms with E-state index in [2.05, 4.69) is 0 Å². The molecule has 0 aromatic rings. The minimum Gasteiger partial charge on any atom is -0.312 e. The summed E-state index contributed by atoms with van der Waals surface area (Å²) in [7, 11) is 0. The monoisotopic (exact) mass is 227 g/mol. The summed E-state index contributed by atoms with van der Waals surface area (Å²) in [5, 5.41) is 11.8. The molecule has 0 aliphatic carbocycles. The lowest BCUT2D eigenvalue weighted by Crippen LogP contribution is -2.69. The lowest BCUT2D eigenvalue weighted by atomic mass is 9.62. The van der Waals surface area contributed by atoms with Crippen LogP contribution in [0.1, 0.15) is 60.8 Å². The third-order valence-electron chi connectivity index (χ3n) is 4.88. The van der Waals surface area contributed by atoms with Crippen molar-refractivity contribution in [2.75, 3.05) is 0 Å². The maximum atomic E-state index is 12.3. The maximum absolute atomic E-state index is 12.3. The van der Waals surface area contributed by atoms with Gasteiger partial charge >= 0.3 is 0 Å². The SMILES string of the molecule is CCC1(CC)C(=O)CC(C)(C)C(C)(C)N1O. The number of carbonyl (C=O) groups is 1. The van der Waals surface area contributed by atoms with Gasteiger partial charge in [0.15, 0.2) is 5.78 Å². The van der Waals surface area contributed by atoms with Gasteiger partial charge in [-0.15, -0.1) is 0 Å². The number of nitrogens with zero attached hydrogens (tertiary/aromatic N) is 1. The van der Waals surface area contributed by atoms with Gasteiger partial charge in [-0.2, -0.15) is 5.06 Å². The molecular weight excluding hydrogens is 202 g/mol. The average Bonchev–Trinajstić information content (AvgIpc) is 2.17. The van der Waals surface area contributed by atoms with E-state index in [4.69, 9.17) is 0 Å². The standard InChI is InChI=1S/C13H25NO2/c1-7-13(8-2)10(15)9-11(3,4)12(5,6)14(13)16/h16H,7-9H2,1-6H3. The van der Waals surface area contributed by atoms with Crippen LogP contribution in [0, 0.1) is 5.41 Å². The number of carbonyl (C=O) groups excluding carboxylic acids is 1. The van der Waals surface area contributed by atoms with E-state index in [1.807, 2.05) is 41.5 Å². The lowest BCUT2D eigenvalue weighted by Gasteiger charge is -2.57. The van der Waals surface area contributed by atoms with E-state index in [1.165, 1.54) is 5.06 Å². The molecule has 0 saturated carbocycles. The van der Waals surface area contributed by atoms with E-state index in [0.29, 0.717) is 19.3 Å². The quantitative estimate of drug-likeness (QED) is 0.788. The van der Waals surface area contributed by atoms with Crippen LogP contribution in [-0.4, -0.2) is 27.1 Å². The molecule has 1 aliphatic heterocycles. The van der Waals surface area contributed by atoms with E-state index in [-0.39, 0.29) is 16.7 Å². The second kappa shape index (κ2) is 3.81. The fourth-order valence-electron chi connectivity index (χ4n) is 2.67. The van der Waals surface area contributed by atoms with Gasteiger partial charge in [-0.05, 0) is 32.1 Å². The topological polar surface area (TPSA) is 40.5 Å². The van der Waals surface area contributed by atoms with Crippen molar-refractivity contribution < 1.29 is 10.0 Å². The first-order valence-electron chi connectivity index (χ1n) is 6.18. The van der Waals surface area contributed by atoms with Crippen LogP contribution in [0.4, 0.5) is 0 Å². The molecule has 16 heavy (non-hydrogen) atoms. The number of hydroxylamine groups is 2. The normalized spacial score (nSPS) is 28.1. The maximum Gasteiger partial charge on any atom is 0.156 e. The van der Waals surface area contributed by atoms with Crippen molar-refractivity contribution in [1.82, 2.24) is 5.06 Å². The molecule has 1 heterocycles. The van der Waals surface area contributed by atoms with Gasteiger partial charge in [-0.25, -0.2) is 0 Å². The summed E-state index contributed by atoms with van der Waals surface area (Å²) in [4.78, 5) is 12.3. The Morgan fingerprint density at radius 2 is 1.62 bits per heavy atom. The molecule has 1 fully saturated rings. The van der Waals surface area contributed by atoms with E-state index in [1.54, 1.807) is 0 Å². The fourth-order valence-corrected chi connectivity index (χ4v) is 2.67. The first-order valence-corrected chi connectivity index (χ1v) is 6.18. The molecule has 0 atom stereocenters. The summed E-state index contributed by atoms with van der Waals surface area (Å²) in [6, 6.07) is 0. The molecule has 0 unspecified atom stereocenters. The van der Waals surface area contributed by atoms with Crippen molar-refractivity contribution in [2.24, 2.45) is 5.41 Å². The zero-order valence-electron chi connectivity index (χ0n) is 11.4. The summed E-state index contributed by atoms with van der Waals surface area (Å²) in [5.74, 6) is 0.171. The number of hydrogen-bond donors (Lipinski definition) is 1. The van der Waals surface area contributed by atoms with E-state index in [0.717, 1.165) is 0 Å². The first kappa shape index (κ1) is 13.7.